The number of allylic oxidation sites excluding steroid dienone is 2. The third-order valence-corrected chi connectivity index (χ3v) is 6.93. The first-order valence-corrected chi connectivity index (χ1v) is 11.8. The van der Waals surface area contributed by atoms with Crippen LogP contribution in [-0.2, 0) is 9.53 Å². The summed E-state index contributed by atoms with van der Waals surface area (Å²) in [4.78, 5) is 22.6. The van der Waals surface area contributed by atoms with E-state index in [1.807, 2.05) is 0 Å². The highest BCUT2D eigenvalue weighted by Crippen LogP contribution is 2.43. The van der Waals surface area contributed by atoms with Crippen LogP contribution in [0.15, 0.2) is 12.2 Å². The zero-order chi connectivity index (χ0) is 19.5. The van der Waals surface area contributed by atoms with Gasteiger partial charge in [-0.1, -0.05) is 69.9 Å². The van der Waals surface area contributed by atoms with Crippen molar-refractivity contribution < 1.29 is 14.3 Å². The standard InChI is InChI=1S/C22H37NO3S/c1-3-14-18(4-2)22(17-26-22)16-13-11-9-7-5-6-8-10-12-15-19-20(24)23-21(25)27-19/h5,7,18-19H,3-4,6,8-17H2,1-2H3,(H,23,24,25)/b7-5-. The van der Waals surface area contributed by atoms with Crippen molar-refractivity contribution in [1.29, 1.82) is 0 Å². The van der Waals surface area contributed by atoms with Crippen molar-refractivity contribution in [2.45, 2.75) is 102 Å². The van der Waals surface area contributed by atoms with Crippen LogP contribution >= 0.6 is 11.8 Å². The second-order valence-corrected chi connectivity index (χ2v) is 9.16. The van der Waals surface area contributed by atoms with Gasteiger partial charge in [-0.3, -0.25) is 14.9 Å². The van der Waals surface area contributed by atoms with Gasteiger partial charge in [0.1, 0.15) is 0 Å². The van der Waals surface area contributed by atoms with Crippen LogP contribution in [0.3, 0.4) is 0 Å². The molecule has 3 unspecified atom stereocenters. The fraction of sp³-hybridized carbons (Fsp3) is 0.818. The lowest BCUT2D eigenvalue weighted by Gasteiger charge is -2.22. The predicted molar refractivity (Wildman–Crippen MR) is 113 cm³/mol. The lowest BCUT2D eigenvalue weighted by Crippen LogP contribution is -2.23. The molecule has 0 aromatic carbocycles. The SMILES string of the molecule is CCCC(CC)C1(CCCC/C=C\CCCCCC2SC(=O)NC2=O)CO1. The van der Waals surface area contributed by atoms with Crippen LogP contribution in [0.4, 0.5) is 4.79 Å². The summed E-state index contributed by atoms with van der Waals surface area (Å²) >= 11 is 1.14. The van der Waals surface area contributed by atoms with E-state index < -0.39 is 0 Å². The highest BCUT2D eigenvalue weighted by molar-refractivity contribution is 8.15. The number of hydrogen-bond acceptors (Lipinski definition) is 4. The second kappa shape index (κ2) is 11.9. The van der Waals surface area contributed by atoms with Gasteiger partial charge in [0.2, 0.25) is 5.91 Å². The Kier molecular flexibility index (Phi) is 9.91. The van der Waals surface area contributed by atoms with Gasteiger partial charge in [0.25, 0.3) is 5.24 Å². The maximum atomic E-state index is 11.5. The van der Waals surface area contributed by atoms with Crippen LogP contribution in [0.25, 0.3) is 0 Å². The molecule has 0 aromatic heterocycles. The van der Waals surface area contributed by atoms with Crippen molar-refractivity contribution in [3.8, 4) is 0 Å². The van der Waals surface area contributed by atoms with Crippen LogP contribution in [0.2, 0.25) is 0 Å². The van der Waals surface area contributed by atoms with Crippen molar-refractivity contribution >= 4 is 22.9 Å². The normalized spacial score (nSPS) is 25.9. The summed E-state index contributed by atoms with van der Waals surface area (Å²) in [5, 5.41) is 2.00. The molecule has 2 aliphatic heterocycles. The quantitative estimate of drug-likeness (QED) is 0.210. The molecule has 0 saturated carbocycles. The van der Waals surface area contributed by atoms with Crippen molar-refractivity contribution in [3.05, 3.63) is 12.2 Å². The summed E-state index contributed by atoms with van der Waals surface area (Å²) in [7, 11) is 0. The lowest BCUT2D eigenvalue weighted by molar-refractivity contribution is -0.119. The fourth-order valence-electron chi connectivity index (χ4n) is 4.14. The van der Waals surface area contributed by atoms with Gasteiger partial charge in [-0.2, -0.15) is 0 Å². The first-order valence-electron chi connectivity index (χ1n) is 10.9. The molecule has 0 aromatic rings. The smallest absolute Gasteiger partial charge is 0.286 e. The number of epoxide rings is 1. The topological polar surface area (TPSA) is 58.7 Å². The predicted octanol–water partition coefficient (Wildman–Crippen LogP) is 6.00. The van der Waals surface area contributed by atoms with Gasteiger partial charge in [-0.15, -0.1) is 0 Å². The Labute approximate surface area is 169 Å². The molecule has 0 radical (unpaired) electrons. The maximum Gasteiger partial charge on any atom is 0.286 e. The zero-order valence-electron chi connectivity index (χ0n) is 17.1. The molecule has 2 saturated heterocycles. The molecule has 2 fully saturated rings. The Bertz CT molecular complexity index is 502. The third-order valence-electron chi connectivity index (χ3n) is 5.88. The number of nitrogens with one attached hydrogen (secondary N) is 1. The van der Waals surface area contributed by atoms with Crippen molar-refractivity contribution in [2.75, 3.05) is 6.61 Å². The number of hydrogen-bond donors (Lipinski definition) is 1. The Morgan fingerprint density at radius 2 is 1.85 bits per heavy atom. The molecule has 4 nitrogen and oxygen atoms in total. The Morgan fingerprint density at radius 3 is 2.41 bits per heavy atom. The zero-order valence-corrected chi connectivity index (χ0v) is 18.0. The molecule has 2 aliphatic rings. The summed E-state index contributed by atoms with van der Waals surface area (Å²) in [6, 6.07) is 0. The van der Waals surface area contributed by atoms with Crippen LogP contribution in [0.1, 0.15) is 90.9 Å². The number of rotatable bonds is 15. The van der Waals surface area contributed by atoms with Crippen LogP contribution in [0.5, 0.6) is 0 Å². The van der Waals surface area contributed by atoms with Crippen LogP contribution < -0.4 is 5.32 Å². The lowest BCUT2D eigenvalue weighted by atomic mass is 9.83. The summed E-state index contributed by atoms with van der Waals surface area (Å²) < 4.78 is 5.87. The third kappa shape index (κ3) is 7.61. The summed E-state index contributed by atoms with van der Waals surface area (Å²) in [6.45, 7) is 5.55. The highest BCUT2D eigenvalue weighted by Gasteiger charge is 2.49. The second-order valence-electron chi connectivity index (χ2n) is 7.99. The van der Waals surface area contributed by atoms with Crippen molar-refractivity contribution in [1.82, 2.24) is 5.32 Å². The molecule has 2 amide bonds. The van der Waals surface area contributed by atoms with E-state index in [2.05, 4.69) is 31.3 Å². The number of imide groups is 1. The number of amides is 2. The van der Waals surface area contributed by atoms with Crippen LogP contribution in [-0.4, -0.2) is 28.6 Å². The Balaban J connectivity index is 1.43. The van der Waals surface area contributed by atoms with Crippen LogP contribution in [0, 0.1) is 5.92 Å². The van der Waals surface area contributed by atoms with E-state index in [9.17, 15) is 9.59 Å². The molecule has 2 heterocycles. The molecule has 154 valence electrons. The molecular formula is C22H37NO3S. The molecule has 5 heteroatoms. The first-order chi connectivity index (χ1) is 13.1. The van der Waals surface area contributed by atoms with Gasteiger partial charge >= 0.3 is 0 Å². The summed E-state index contributed by atoms with van der Waals surface area (Å²) in [5.74, 6) is 0.646. The largest absolute Gasteiger partial charge is 0.369 e. The minimum Gasteiger partial charge on any atom is -0.369 e. The van der Waals surface area contributed by atoms with Crippen molar-refractivity contribution in [3.63, 3.8) is 0 Å². The Morgan fingerprint density at radius 1 is 1.15 bits per heavy atom. The monoisotopic (exact) mass is 395 g/mol. The summed E-state index contributed by atoms with van der Waals surface area (Å²) in [5.41, 5.74) is 0.230. The summed E-state index contributed by atoms with van der Waals surface area (Å²) in [6.07, 6.45) is 18.6. The van der Waals surface area contributed by atoms with E-state index in [1.165, 1.54) is 44.9 Å². The average molecular weight is 396 g/mol. The number of thioether (sulfide) groups is 1. The van der Waals surface area contributed by atoms with E-state index in [0.29, 0.717) is 0 Å². The van der Waals surface area contributed by atoms with E-state index in [0.717, 1.165) is 56.4 Å². The average Bonchev–Trinajstić information content (AvgIpc) is 3.36. The van der Waals surface area contributed by atoms with Gasteiger partial charge in [-0.25, -0.2) is 0 Å². The minimum absolute atomic E-state index is 0.108. The van der Waals surface area contributed by atoms with Gasteiger partial charge in [0, 0.05) is 0 Å². The first kappa shape index (κ1) is 22.5. The number of carbonyl (C=O) groups is 2. The van der Waals surface area contributed by atoms with Gasteiger partial charge in [-0.05, 0) is 50.9 Å². The van der Waals surface area contributed by atoms with Gasteiger partial charge in [0.15, 0.2) is 0 Å². The molecule has 0 aliphatic carbocycles. The van der Waals surface area contributed by atoms with E-state index >= 15 is 0 Å². The van der Waals surface area contributed by atoms with Gasteiger partial charge in [0.05, 0.1) is 17.5 Å². The van der Waals surface area contributed by atoms with E-state index in [4.69, 9.17) is 4.74 Å². The number of ether oxygens (including phenoxy) is 1. The molecule has 3 atom stereocenters. The van der Waals surface area contributed by atoms with Gasteiger partial charge < -0.3 is 4.74 Å². The minimum atomic E-state index is -0.192. The molecule has 27 heavy (non-hydrogen) atoms. The molecule has 0 spiro atoms. The number of carbonyl (C=O) groups excluding carboxylic acids is 2. The maximum absolute atomic E-state index is 11.5. The molecule has 0 bridgehead atoms. The molecular weight excluding hydrogens is 358 g/mol. The highest BCUT2D eigenvalue weighted by atomic mass is 32.2. The molecule has 2 rings (SSSR count). The van der Waals surface area contributed by atoms with E-state index in [1.54, 1.807) is 0 Å². The fourth-order valence-corrected chi connectivity index (χ4v) is 5.01. The Hall–Kier alpha value is -0.810. The van der Waals surface area contributed by atoms with E-state index in [-0.39, 0.29) is 22.0 Å². The van der Waals surface area contributed by atoms with Crippen molar-refractivity contribution in [2.24, 2.45) is 5.92 Å². The number of unbranched alkanes of at least 4 members (excludes halogenated alkanes) is 5. The molecule has 1 N–H and O–H groups in total.